The Bertz CT molecular complexity index is 146. The fourth-order valence-electron chi connectivity index (χ4n) is 2.56. The first-order chi connectivity index (χ1) is 4.77. The second-order valence-corrected chi connectivity index (χ2v) is 3.70. The summed E-state index contributed by atoms with van der Waals surface area (Å²) in [5.74, 6) is 0.713. The average Bonchev–Trinajstić information content (AvgIpc) is 2.17. The van der Waals surface area contributed by atoms with Gasteiger partial charge >= 0.3 is 0 Å². The van der Waals surface area contributed by atoms with Gasteiger partial charge in [-0.15, -0.1) is 0 Å². The molecular weight excluding hydrogens is 128 g/mol. The maximum atomic E-state index is 9.85. The molecule has 2 fully saturated rings. The van der Waals surface area contributed by atoms with Crippen LogP contribution in [0.3, 0.4) is 0 Å². The molecule has 2 aliphatic carbocycles. The molecule has 2 rings (SSSR count). The molecule has 0 heterocycles. The maximum absolute atomic E-state index is 9.85. The lowest BCUT2D eigenvalue weighted by molar-refractivity contribution is -0.146. The Morgan fingerprint density at radius 2 is 2.30 bits per heavy atom. The van der Waals surface area contributed by atoms with Crippen LogP contribution >= 0.6 is 0 Å². The molecule has 10 heavy (non-hydrogen) atoms. The van der Waals surface area contributed by atoms with Crippen molar-refractivity contribution in [2.24, 2.45) is 11.8 Å². The van der Waals surface area contributed by atoms with E-state index in [1.54, 1.807) is 0 Å². The molecule has 0 aromatic heterocycles. The Morgan fingerprint density at radius 1 is 1.50 bits per heavy atom. The topological polar surface area (TPSA) is 40.5 Å². The summed E-state index contributed by atoms with van der Waals surface area (Å²) in [5.41, 5.74) is -0.450. The predicted octanol–water partition coefficient (Wildman–Crippen LogP) is 0.530. The second kappa shape index (κ2) is 1.95. The van der Waals surface area contributed by atoms with Gasteiger partial charge in [-0.05, 0) is 25.2 Å². The van der Waals surface area contributed by atoms with Gasteiger partial charge in [0.05, 0.1) is 5.60 Å². The van der Waals surface area contributed by atoms with E-state index in [0.717, 1.165) is 19.3 Å². The maximum Gasteiger partial charge on any atom is 0.0725 e. The van der Waals surface area contributed by atoms with Gasteiger partial charge in [-0.25, -0.2) is 0 Å². The van der Waals surface area contributed by atoms with Crippen molar-refractivity contribution in [2.75, 3.05) is 6.61 Å². The highest BCUT2D eigenvalue weighted by Gasteiger charge is 2.55. The molecule has 2 N–H and O–H groups in total. The lowest BCUT2D eigenvalue weighted by Gasteiger charge is -2.48. The third-order valence-electron chi connectivity index (χ3n) is 3.33. The largest absolute Gasteiger partial charge is 0.396 e. The first-order valence-electron chi connectivity index (χ1n) is 4.10. The van der Waals surface area contributed by atoms with Crippen molar-refractivity contribution in [2.45, 2.75) is 31.3 Å². The summed E-state index contributed by atoms with van der Waals surface area (Å²) in [6.45, 7) is 0.174. The fourth-order valence-corrected chi connectivity index (χ4v) is 2.56. The van der Waals surface area contributed by atoms with Crippen molar-refractivity contribution in [1.29, 1.82) is 0 Å². The molecule has 3 atom stereocenters. The van der Waals surface area contributed by atoms with Crippen molar-refractivity contribution in [3.05, 3.63) is 0 Å². The first kappa shape index (κ1) is 6.62. The summed E-state index contributed by atoms with van der Waals surface area (Å²) in [4.78, 5) is 0. The van der Waals surface area contributed by atoms with E-state index >= 15 is 0 Å². The summed E-state index contributed by atoms with van der Waals surface area (Å²) in [6, 6.07) is 0. The number of aliphatic hydroxyl groups excluding tert-OH is 1. The van der Waals surface area contributed by atoms with E-state index in [1.807, 2.05) is 0 Å². The van der Waals surface area contributed by atoms with Crippen LogP contribution in [0.2, 0.25) is 0 Å². The van der Waals surface area contributed by atoms with Gasteiger partial charge in [0, 0.05) is 12.5 Å². The molecule has 0 radical (unpaired) electrons. The van der Waals surface area contributed by atoms with Gasteiger partial charge in [0.25, 0.3) is 0 Å². The minimum Gasteiger partial charge on any atom is -0.396 e. The Kier molecular flexibility index (Phi) is 1.29. The first-order valence-corrected chi connectivity index (χ1v) is 4.10. The van der Waals surface area contributed by atoms with Crippen LogP contribution in [-0.2, 0) is 0 Å². The van der Waals surface area contributed by atoms with Gasteiger partial charge in [-0.2, -0.15) is 0 Å². The van der Waals surface area contributed by atoms with Gasteiger partial charge in [0.15, 0.2) is 0 Å². The van der Waals surface area contributed by atoms with Gasteiger partial charge in [-0.1, -0.05) is 6.42 Å². The van der Waals surface area contributed by atoms with Crippen LogP contribution in [0.1, 0.15) is 25.7 Å². The lowest BCUT2D eigenvalue weighted by Crippen LogP contribution is -2.53. The molecule has 0 spiro atoms. The third kappa shape index (κ3) is 0.611. The highest BCUT2D eigenvalue weighted by Crippen LogP contribution is 2.54. The molecule has 0 aromatic carbocycles. The van der Waals surface area contributed by atoms with E-state index in [2.05, 4.69) is 0 Å². The standard InChI is InChI=1S/C8H14O2/c9-5-7-4-6-2-1-3-8(6,7)10/h6-7,9-10H,1-5H2/t6-,7-,8+/m0/s1. The van der Waals surface area contributed by atoms with E-state index in [9.17, 15) is 5.11 Å². The van der Waals surface area contributed by atoms with Crippen LogP contribution in [0.4, 0.5) is 0 Å². The number of rotatable bonds is 1. The van der Waals surface area contributed by atoms with Crippen molar-refractivity contribution in [3.8, 4) is 0 Å². The van der Waals surface area contributed by atoms with Crippen molar-refractivity contribution in [3.63, 3.8) is 0 Å². The van der Waals surface area contributed by atoms with E-state index in [0.29, 0.717) is 5.92 Å². The molecule has 0 aliphatic heterocycles. The number of fused-ring (bicyclic) bond motifs is 1. The Morgan fingerprint density at radius 3 is 2.90 bits per heavy atom. The highest BCUT2D eigenvalue weighted by molar-refractivity contribution is 5.06. The summed E-state index contributed by atoms with van der Waals surface area (Å²) in [7, 11) is 0. The Balaban J connectivity index is 2.08. The molecule has 2 nitrogen and oxygen atoms in total. The molecule has 0 saturated heterocycles. The third-order valence-corrected chi connectivity index (χ3v) is 3.33. The minimum atomic E-state index is -0.450. The summed E-state index contributed by atoms with van der Waals surface area (Å²) >= 11 is 0. The van der Waals surface area contributed by atoms with E-state index in [-0.39, 0.29) is 12.5 Å². The zero-order chi connectivity index (χ0) is 7.19. The SMILES string of the molecule is OC[C@@H]1C[C@@H]2CCC[C@]12O. The predicted molar refractivity (Wildman–Crippen MR) is 37.5 cm³/mol. The molecule has 0 aromatic rings. The molecule has 2 aliphatic rings. The zero-order valence-electron chi connectivity index (χ0n) is 6.08. The lowest BCUT2D eigenvalue weighted by atomic mass is 9.63. The highest BCUT2D eigenvalue weighted by atomic mass is 16.3. The molecule has 58 valence electrons. The number of aliphatic hydroxyl groups is 2. The van der Waals surface area contributed by atoms with Gasteiger partial charge in [-0.3, -0.25) is 0 Å². The quantitative estimate of drug-likeness (QED) is 0.560. The molecule has 0 unspecified atom stereocenters. The van der Waals surface area contributed by atoms with E-state index < -0.39 is 5.60 Å². The molecule has 0 bridgehead atoms. The summed E-state index contributed by atoms with van der Waals surface area (Å²) in [5, 5.41) is 18.7. The van der Waals surface area contributed by atoms with E-state index in [4.69, 9.17) is 5.11 Å². The van der Waals surface area contributed by atoms with Crippen LogP contribution < -0.4 is 0 Å². The zero-order valence-corrected chi connectivity index (χ0v) is 6.08. The monoisotopic (exact) mass is 142 g/mol. The average molecular weight is 142 g/mol. The second-order valence-electron chi connectivity index (χ2n) is 3.70. The van der Waals surface area contributed by atoms with Gasteiger partial charge in [0.1, 0.15) is 0 Å². The summed E-state index contributed by atoms with van der Waals surface area (Å²) < 4.78 is 0. The number of hydrogen-bond donors (Lipinski definition) is 2. The smallest absolute Gasteiger partial charge is 0.0725 e. The molecule has 2 heteroatoms. The van der Waals surface area contributed by atoms with Crippen LogP contribution in [-0.4, -0.2) is 22.4 Å². The van der Waals surface area contributed by atoms with Gasteiger partial charge < -0.3 is 10.2 Å². The van der Waals surface area contributed by atoms with Crippen LogP contribution in [0.25, 0.3) is 0 Å². The fraction of sp³-hybridized carbons (Fsp3) is 1.00. The molecule has 0 amide bonds. The molecular formula is C8H14O2. The number of hydrogen-bond acceptors (Lipinski definition) is 2. The normalized spacial score (nSPS) is 52.2. The van der Waals surface area contributed by atoms with E-state index in [1.165, 1.54) is 6.42 Å². The molecule has 2 saturated carbocycles. The van der Waals surface area contributed by atoms with Crippen LogP contribution in [0, 0.1) is 11.8 Å². The van der Waals surface area contributed by atoms with Crippen molar-refractivity contribution in [1.82, 2.24) is 0 Å². The van der Waals surface area contributed by atoms with Gasteiger partial charge in [0.2, 0.25) is 0 Å². The Hall–Kier alpha value is -0.0800. The Labute approximate surface area is 60.9 Å². The van der Waals surface area contributed by atoms with Crippen LogP contribution in [0.15, 0.2) is 0 Å². The summed E-state index contributed by atoms with van der Waals surface area (Å²) in [6.07, 6.45) is 4.29. The minimum absolute atomic E-state index is 0.174. The van der Waals surface area contributed by atoms with Crippen molar-refractivity contribution >= 4 is 0 Å². The van der Waals surface area contributed by atoms with Crippen molar-refractivity contribution < 1.29 is 10.2 Å². The van der Waals surface area contributed by atoms with Crippen LogP contribution in [0.5, 0.6) is 0 Å².